The second-order valence-electron chi connectivity index (χ2n) is 5.46. The number of rotatable bonds is 6. The highest BCUT2D eigenvalue weighted by Gasteiger charge is 2.44. The van der Waals surface area contributed by atoms with E-state index in [1.807, 2.05) is 0 Å². The van der Waals surface area contributed by atoms with Crippen LogP contribution in [0.2, 0.25) is 0 Å². The lowest BCUT2D eigenvalue weighted by molar-refractivity contribution is -0.144. The van der Waals surface area contributed by atoms with Crippen LogP contribution in [0.5, 0.6) is 0 Å². The van der Waals surface area contributed by atoms with Crippen molar-refractivity contribution in [3.8, 4) is 0 Å². The molecule has 0 amide bonds. The molecule has 17 heavy (non-hydrogen) atoms. The van der Waals surface area contributed by atoms with Crippen molar-refractivity contribution in [1.29, 1.82) is 0 Å². The van der Waals surface area contributed by atoms with Gasteiger partial charge in [0, 0.05) is 13.0 Å². The Kier molecular flexibility index (Phi) is 4.05. The molecule has 0 aliphatic heterocycles. The van der Waals surface area contributed by atoms with E-state index >= 15 is 0 Å². The minimum atomic E-state index is -0.749. The van der Waals surface area contributed by atoms with Crippen molar-refractivity contribution in [1.82, 2.24) is 5.32 Å². The average Bonchev–Trinajstić information content (AvgIpc) is 2.67. The van der Waals surface area contributed by atoms with Crippen LogP contribution in [0, 0.1) is 5.92 Å². The zero-order valence-electron chi connectivity index (χ0n) is 10.6. The van der Waals surface area contributed by atoms with Gasteiger partial charge in [0.1, 0.15) is 5.54 Å². The van der Waals surface area contributed by atoms with Gasteiger partial charge in [0.15, 0.2) is 0 Å². The Bertz CT molecular complexity index is 278. The minimum absolute atomic E-state index is 0.124. The Morgan fingerprint density at radius 3 is 2.71 bits per heavy atom. The van der Waals surface area contributed by atoms with E-state index in [0.29, 0.717) is 12.8 Å². The van der Waals surface area contributed by atoms with Crippen molar-refractivity contribution in [2.45, 2.75) is 56.6 Å². The summed E-state index contributed by atoms with van der Waals surface area (Å²) in [5.41, 5.74) is -0.749. The quantitative estimate of drug-likeness (QED) is 0.744. The Morgan fingerprint density at radius 1 is 1.47 bits per heavy atom. The van der Waals surface area contributed by atoms with Gasteiger partial charge in [0.2, 0.25) is 0 Å². The topological polar surface area (TPSA) is 58.6 Å². The Morgan fingerprint density at radius 2 is 2.24 bits per heavy atom. The van der Waals surface area contributed by atoms with Crippen LogP contribution in [0.3, 0.4) is 0 Å². The molecular weight excluding hydrogens is 218 g/mol. The number of hydrogen-bond acceptors (Lipinski definition) is 3. The predicted molar refractivity (Wildman–Crippen MR) is 65.0 cm³/mol. The van der Waals surface area contributed by atoms with Crippen molar-refractivity contribution in [3.05, 3.63) is 0 Å². The van der Waals surface area contributed by atoms with E-state index in [2.05, 4.69) is 5.32 Å². The highest BCUT2D eigenvalue weighted by molar-refractivity contribution is 5.79. The van der Waals surface area contributed by atoms with Gasteiger partial charge in [0.05, 0.1) is 6.10 Å². The zero-order valence-corrected chi connectivity index (χ0v) is 10.6. The molecular formula is C13H23NO3. The molecule has 0 saturated heterocycles. The fraction of sp³-hybridized carbons (Fsp3) is 0.923. The number of aliphatic carboxylic acids is 1. The SMILES string of the molecule is CNC1(C(=O)O)CCC(OCCC2CCC2)C1. The number of hydrogen-bond donors (Lipinski definition) is 2. The van der Waals surface area contributed by atoms with E-state index < -0.39 is 11.5 Å². The van der Waals surface area contributed by atoms with E-state index in [9.17, 15) is 9.90 Å². The third-order valence-corrected chi connectivity index (χ3v) is 4.46. The Balaban J connectivity index is 1.71. The molecule has 2 fully saturated rings. The molecule has 0 bridgehead atoms. The molecule has 4 heteroatoms. The fourth-order valence-corrected chi connectivity index (χ4v) is 2.85. The monoisotopic (exact) mass is 241 g/mol. The standard InChI is InChI=1S/C13H23NO3/c1-14-13(12(15)16)7-5-11(9-13)17-8-6-10-3-2-4-10/h10-11,14H,2-9H2,1H3,(H,15,16). The van der Waals surface area contributed by atoms with Crippen LogP contribution in [-0.2, 0) is 9.53 Å². The summed E-state index contributed by atoms with van der Waals surface area (Å²) in [5, 5.41) is 12.2. The number of likely N-dealkylation sites (N-methyl/N-ethyl adjacent to an activating group) is 1. The summed E-state index contributed by atoms with van der Waals surface area (Å²) in [6.45, 7) is 0.800. The summed E-state index contributed by atoms with van der Waals surface area (Å²) in [6, 6.07) is 0. The van der Waals surface area contributed by atoms with Crippen LogP contribution in [0.1, 0.15) is 44.9 Å². The molecule has 2 rings (SSSR count). The number of ether oxygens (including phenoxy) is 1. The van der Waals surface area contributed by atoms with E-state index in [-0.39, 0.29) is 6.10 Å². The van der Waals surface area contributed by atoms with Gasteiger partial charge >= 0.3 is 5.97 Å². The molecule has 2 N–H and O–H groups in total. The Hall–Kier alpha value is -0.610. The fourth-order valence-electron chi connectivity index (χ4n) is 2.85. The van der Waals surface area contributed by atoms with Gasteiger partial charge in [-0.05, 0) is 32.2 Å². The van der Waals surface area contributed by atoms with E-state index in [0.717, 1.165) is 25.4 Å². The molecule has 0 aromatic carbocycles. The molecule has 98 valence electrons. The molecule has 0 radical (unpaired) electrons. The molecule has 0 spiro atoms. The normalized spacial score (nSPS) is 33.6. The maximum absolute atomic E-state index is 11.2. The lowest BCUT2D eigenvalue weighted by atomic mass is 9.83. The van der Waals surface area contributed by atoms with Gasteiger partial charge in [-0.2, -0.15) is 0 Å². The van der Waals surface area contributed by atoms with Crippen molar-refractivity contribution in [2.75, 3.05) is 13.7 Å². The van der Waals surface area contributed by atoms with Crippen LogP contribution < -0.4 is 5.32 Å². The zero-order chi connectivity index (χ0) is 12.3. The molecule has 2 atom stereocenters. The van der Waals surface area contributed by atoms with Crippen molar-refractivity contribution in [3.63, 3.8) is 0 Å². The second kappa shape index (κ2) is 5.36. The maximum atomic E-state index is 11.2. The smallest absolute Gasteiger partial charge is 0.323 e. The maximum Gasteiger partial charge on any atom is 0.323 e. The summed E-state index contributed by atoms with van der Waals surface area (Å²) in [7, 11) is 1.73. The first-order valence-corrected chi connectivity index (χ1v) is 6.70. The van der Waals surface area contributed by atoms with Crippen LogP contribution >= 0.6 is 0 Å². The third kappa shape index (κ3) is 2.80. The van der Waals surface area contributed by atoms with Gasteiger partial charge < -0.3 is 15.2 Å². The van der Waals surface area contributed by atoms with Gasteiger partial charge in [-0.25, -0.2) is 0 Å². The van der Waals surface area contributed by atoms with Crippen LogP contribution in [-0.4, -0.2) is 36.4 Å². The van der Waals surface area contributed by atoms with Crippen molar-refractivity contribution < 1.29 is 14.6 Å². The molecule has 0 aromatic rings. The predicted octanol–water partition coefficient (Wildman–Crippen LogP) is 1.79. The minimum Gasteiger partial charge on any atom is -0.480 e. The molecule has 0 heterocycles. The summed E-state index contributed by atoms with van der Waals surface area (Å²) < 4.78 is 5.81. The molecule has 2 aliphatic rings. The highest BCUT2D eigenvalue weighted by Crippen LogP contribution is 2.33. The number of carboxylic acids is 1. The van der Waals surface area contributed by atoms with Gasteiger partial charge in [0.25, 0.3) is 0 Å². The van der Waals surface area contributed by atoms with Crippen LogP contribution in [0.15, 0.2) is 0 Å². The number of nitrogens with one attached hydrogen (secondary N) is 1. The number of carbonyl (C=O) groups is 1. The largest absolute Gasteiger partial charge is 0.480 e. The van der Waals surface area contributed by atoms with Crippen molar-refractivity contribution in [2.24, 2.45) is 5.92 Å². The Labute approximate surface area is 103 Å². The molecule has 4 nitrogen and oxygen atoms in total. The highest BCUT2D eigenvalue weighted by atomic mass is 16.5. The average molecular weight is 241 g/mol. The summed E-state index contributed by atoms with van der Waals surface area (Å²) >= 11 is 0. The lowest BCUT2D eigenvalue weighted by Crippen LogP contribution is -2.48. The molecule has 2 aliphatic carbocycles. The van der Waals surface area contributed by atoms with E-state index in [1.54, 1.807) is 7.05 Å². The first-order chi connectivity index (χ1) is 8.16. The third-order valence-electron chi connectivity index (χ3n) is 4.46. The first kappa shape index (κ1) is 12.8. The molecule has 2 unspecified atom stereocenters. The lowest BCUT2D eigenvalue weighted by Gasteiger charge is -2.26. The summed E-state index contributed by atoms with van der Waals surface area (Å²) in [4.78, 5) is 11.2. The summed E-state index contributed by atoms with van der Waals surface area (Å²) in [6.07, 6.45) is 7.48. The molecule has 2 saturated carbocycles. The van der Waals surface area contributed by atoms with Crippen molar-refractivity contribution >= 4 is 5.97 Å². The van der Waals surface area contributed by atoms with Crippen LogP contribution in [0.25, 0.3) is 0 Å². The van der Waals surface area contributed by atoms with Gasteiger partial charge in [-0.3, -0.25) is 4.79 Å². The summed E-state index contributed by atoms with van der Waals surface area (Å²) in [5.74, 6) is 0.120. The van der Waals surface area contributed by atoms with E-state index in [4.69, 9.17) is 4.74 Å². The van der Waals surface area contributed by atoms with Gasteiger partial charge in [-0.1, -0.05) is 19.3 Å². The second-order valence-corrected chi connectivity index (χ2v) is 5.46. The first-order valence-electron chi connectivity index (χ1n) is 6.70. The number of carboxylic acid groups (broad SMARTS) is 1. The van der Waals surface area contributed by atoms with E-state index in [1.165, 1.54) is 19.3 Å². The van der Waals surface area contributed by atoms with Gasteiger partial charge in [-0.15, -0.1) is 0 Å². The van der Waals surface area contributed by atoms with Crippen LogP contribution in [0.4, 0.5) is 0 Å². The molecule has 0 aromatic heterocycles.